The quantitative estimate of drug-likeness (QED) is 0.576. The molecular weight excluding hydrogens is 322 g/mol. The van der Waals surface area contributed by atoms with Crippen LogP contribution < -0.4 is 10.1 Å². The van der Waals surface area contributed by atoms with Gasteiger partial charge in [-0.05, 0) is 46.7 Å². The van der Waals surface area contributed by atoms with Crippen LogP contribution in [0.25, 0.3) is 21.7 Å². The summed E-state index contributed by atoms with van der Waals surface area (Å²) in [6, 6.07) is 24.1. The Morgan fingerprint density at radius 3 is 2.65 bits per heavy atom. The number of anilines is 1. The summed E-state index contributed by atoms with van der Waals surface area (Å²) in [5.41, 5.74) is 2.60. The Morgan fingerprint density at radius 1 is 1.00 bits per heavy atom. The van der Waals surface area contributed by atoms with E-state index in [0.717, 1.165) is 33.0 Å². The monoisotopic (exact) mass is 339 g/mol. The summed E-state index contributed by atoms with van der Waals surface area (Å²) >= 11 is 0. The standard InChI is InChI=1S/C22H17N3O/c1-26-19-9-8-16-10-15(6-7-17(16)11-19)14-24-22-12-18(13-23)20-4-2-3-5-21(20)25-22/h2-12H,14H2,1H3,(H,24,25). The van der Waals surface area contributed by atoms with Gasteiger partial charge in [0.25, 0.3) is 0 Å². The van der Waals surface area contributed by atoms with Crippen molar-refractivity contribution in [3.63, 3.8) is 0 Å². The lowest BCUT2D eigenvalue weighted by atomic mass is 10.1. The highest BCUT2D eigenvalue weighted by atomic mass is 16.5. The molecule has 1 heterocycles. The van der Waals surface area contributed by atoms with E-state index in [9.17, 15) is 5.26 Å². The van der Waals surface area contributed by atoms with Crippen LogP contribution in [0.4, 0.5) is 5.82 Å². The van der Waals surface area contributed by atoms with Gasteiger partial charge in [0.1, 0.15) is 11.6 Å². The molecule has 0 bridgehead atoms. The van der Waals surface area contributed by atoms with Gasteiger partial charge in [-0.2, -0.15) is 5.26 Å². The van der Waals surface area contributed by atoms with Crippen LogP contribution in [0.15, 0.2) is 66.7 Å². The summed E-state index contributed by atoms with van der Waals surface area (Å²) in [4.78, 5) is 4.61. The van der Waals surface area contributed by atoms with Gasteiger partial charge in [-0.1, -0.05) is 36.4 Å². The van der Waals surface area contributed by atoms with E-state index in [1.807, 2.05) is 36.4 Å². The smallest absolute Gasteiger partial charge is 0.128 e. The number of aromatic nitrogens is 1. The zero-order valence-corrected chi connectivity index (χ0v) is 14.4. The lowest BCUT2D eigenvalue weighted by Gasteiger charge is -2.09. The van der Waals surface area contributed by atoms with Gasteiger partial charge >= 0.3 is 0 Å². The minimum atomic E-state index is 0.628. The second-order valence-corrected chi connectivity index (χ2v) is 6.08. The fourth-order valence-electron chi connectivity index (χ4n) is 3.06. The summed E-state index contributed by atoms with van der Waals surface area (Å²) in [6.07, 6.45) is 0. The fourth-order valence-corrected chi connectivity index (χ4v) is 3.06. The van der Waals surface area contributed by atoms with Gasteiger partial charge in [0.05, 0.1) is 24.3 Å². The fraction of sp³-hybridized carbons (Fsp3) is 0.0909. The van der Waals surface area contributed by atoms with E-state index in [1.54, 1.807) is 13.2 Å². The zero-order chi connectivity index (χ0) is 17.9. The van der Waals surface area contributed by atoms with E-state index in [2.05, 4.69) is 40.6 Å². The molecule has 0 saturated heterocycles. The molecule has 26 heavy (non-hydrogen) atoms. The molecular formula is C22H17N3O. The zero-order valence-electron chi connectivity index (χ0n) is 14.4. The van der Waals surface area contributed by atoms with E-state index >= 15 is 0 Å². The van der Waals surface area contributed by atoms with Crippen molar-refractivity contribution in [1.82, 2.24) is 4.98 Å². The molecule has 1 aromatic heterocycles. The Bertz CT molecular complexity index is 1150. The average molecular weight is 339 g/mol. The first-order valence-electron chi connectivity index (χ1n) is 8.37. The first-order chi connectivity index (χ1) is 12.8. The number of hydrogen-bond acceptors (Lipinski definition) is 4. The topological polar surface area (TPSA) is 57.9 Å². The van der Waals surface area contributed by atoms with Gasteiger partial charge < -0.3 is 10.1 Å². The summed E-state index contributed by atoms with van der Waals surface area (Å²) in [5.74, 6) is 1.56. The Morgan fingerprint density at radius 2 is 1.81 bits per heavy atom. The molecule has 1 N–H and O–H groups in total. The molecule has 0 aliphatic rings. The van der Waals surface area contributed by atoms with Crippen LogP contribution in [-0.2, 0) is 6.54 Å². The highest BCUT2D eigenvalue weighted by molar-refractivity contribution is 5.86. The van der Waals surface area contributed by atoms with Crippen molar-refractivity contribution in [3.05, 3.63) is 77.9 Å². The first kappa shape index (κ1) is 15.9. The van der Waals surface area contributed by atoms with E-state index in [1.165, 1.54) is 0 Å². The SMILES string of the molecule is COc1ccc2cc(CNc3cc(C#N)c4ccccc4n3)ccc2c1. The first-order valence-corrected chi connectivity index (χ1v) is 8.37. The molecule has 126 valence electrons. The van der Waals surface area contributed by atoms with Crippen molar-refractivity contribution in [2.75, 3.05) is 12.4 Å². The van der Waals surface area contributed by atoms with E-state index < -0.39 is 0 Å². The number of fused-ring (bicyclic) bond motifs is 2. The summed E-state index contributed by atoms with van der Waals surface area (Å²) in [7, 11) is 1.67. The molecule has 0 unspecified atom stereocenters. The minimum absolute atomic E-state index is 0.628. The molecule has 4 aromatic rings. The van der Waals surface area contributed by atoms with Crippen molar-refractivity contribution in [3.8, 4) is 11.8 Å². The van der Waals surface area contributed by atoms with Crippen LogP contribution >= 0.6 is 0 Å². The average Bonchev–Trinajstić information content (AvgIpc) is 2.71. The third kappa shape index (κ3) is 3.03. The highest BCUT2D eigenvalue weighted by Gasteiger charge is 2.05. The van der Waals surface area contributed by atoms with E-state index in [-0.39, 0.29) is 0 Å². The van der Waals surface area contributed by atoms with Crippen LogP contribution in [0.1, 0.15) is 11.1 Å². The number of nitriles is 1. The van der Waals surface area contributed by atoms with Crippen molar-refractivity contribution >= 4 is 27.5 Å². The number of pyridine rings is 1. The summed E-state index contributed by atoms with van der Waals surface area (Å²) < 4.78 is 5.27. The van der Waals surface area contributed by atoms with Crippen LogP contribution in [0.2, 0.25) is 0 Å². The number of rotatable bonds is 4. The maximum atomic E-state index is 9.39. The molecule has 4 heteroatoms. The molecule has 0 amide bonds. The third-order valence-electron chi connectivity index (χ3n) is 4.42. The van der Waals surface area contributed by atoms with E-state index in [0.29, 0.717) is 17.9 Å². The largest absolute Gasteiger partial charge is 0.497 e. The van der Waals surface area contributed by atoms with Gasteiger partial charge in [0.15, 0.2) is 0 Å². The van der Waals surface area contributed by atoms with Gasteiger partial charge in [0.2, 0.25) is 0 Å². The Kier molecular flexibility index (Phi) is 4.12. The molecule has 3 aromatic carbocycles. The Labute approximate surface area is 151 Å². The van der Waals surface area contributed by atoms with Crippen molar-refractivity contribution < 1.29 is 4.74 Å². The van der Waals surface area contributed by atoms with Crippen LogP contribution in [0.3, 0.4) is 0 Å². The van der Waals surface area contributed by atoms with Crippen LogP contribution in [0.5, 0.6) is 5.75 Å². The molecule has 0 aliphatic heterocycles. The lowest BCUT2D eigenvalue weighted by Crippen LogP contribution is -2.02. The van der Waals surface area contributed by atoms with Gasteiger partial charge in [-0.3, -0.25) is 0 Å². The number of benzene rings is 3. The van der Waals surface area contributed by atoms with Crippen molar-refractivity contribution in [2.24, 2.45) is 0 Å². The molecule has 0 radical (unpaired) electrons. The van der Waals surface area contributed by atoms with Gasteiger partial charge in [-0.15, -0.1) is 0 Å². The molecule has 0 fully saturated rings. The van der Waals surface area contributed by atoms with Crippen LogP contribution in [0, 0.1) is 11.3 Å². The predicted octanol–water partition coefficient (Wildman–Crippen LogP) is 4.88. The maximum Gasteiger partial charge on any atom is 0.128 e. The summed E-state index contributed by atoms with van der Waals surface area (Å²) in [5, 5.41) is 15.9. The van der Waals surface area contributed by atoms with Gasteiger partial charge in [-0.25, -0.2) is 4.98 Å². The second-order valence-electron chi connectivity index (χ2n) is 6.08. The molecule has 4 rings (SSSR count). The Hall–Kier alpha value is -3.58. The highest BCUT2D eigenvalue weighted by Crippen LogP contribution is 2.23. The van der Waals surface area contributed by atoms with Crippen molar-refractivity contribution in [1.29, 1.82) is 5.26 Å². The van der Waals surface area contributed by atoms with Crippen LogP contribution in [-0.4, -0.2) is 12.1 Å². The molecule has 0 atom stereocenters. The molecule has 0 spiro atoms. The maximum absolute atomic E-state index is 9.39. The Balaban J connectivity index is 1.60. The molecule has 4 nitrogen and oxygen atoms in total. The predicted molar refractivity (Wildman–Crippen MR) is 104 cm³/mol. The third-order valence-corrected chi connectivity index (χ3v) is 4.42. The second kappa shape index (κ2) is 6.73. The number of hydrogen-bond donors (Lipinski definition) is 1. The van der Waals surface area contributed by atoms with Gasteiger partial charge in [0, 0.05) is 11.9 Å². The number of nitrogens with one attached hydrogen (secondary N) is 1. The van der Waals surface area contributed by atoms with E-state index in [4.69, 9.17) is 4.74 Å². The molecule has 0 aliphatic carbocycles. The normalized spacial score (nSPS) is 10.6. The molecule has 0 saturated carbocycles. The summed E-state index contributed by atoms with van der Waals surface area (Å²) in [6.45, 7) is 0.637. The van der Waals surface area contributed by atoms with Crippen molar-refractivity contribution in [2.45, 2.75) is 6.54 Å². The lowest BCUT2D eigenvalue weighted by molar-refractivity contribution is 0.415. The number of nitrogens with zero attached hydrogens (tertiary/aromatic N) is 2. The number of methoxy groups -OCH3 is 1. The number of para-hydroxylation sites is 1. The minimum Gasteiger partial charge on any atom is -0.497 e. The number of ether oxygens (including phenoxy) is 1.